The Morgan fingerprint density at radius 3 is 2.43 bits per heavy atom. The highest BCUT2D eigenvalue weighted by Crippen LogP contribution is 2.18. The van der Waals surface area contributed by atoms with Gasteiger partial charge in [-0.3, -0.25) is 4.68 Å². The molecule has 0 atom stereocenters. The molecule has 0 saturated carbocycles. The Morgan fingerprint density at radius 2 is 1.90 bits per heavy atom. The van der Waals surface area contributed by atoms with E-state index >= 15 is 0 Å². The molecule has 6 nitrogen and oxygen atoms in total. The van der Waals surface area contributed by atoms with Crippen LogP contribution in [0, 0.1) is 5.82 Å². The zero-order valence-electron chi connectivity index (χ0n) is 11.4. The van der Waals surface area contributed by atoms with Gasteiger partial charge in [-0.2, -0.15) is 5.10 Å². The number of carboxylic acid groups (broad SMARTS) is 1. The van der Waals surface area contributed by atoms with Crippen LogP contribution in [0.2, 0.25) is 0 Å². The molecule has 1 aromatic carbocycles. The summed E-state index contributed by atoms with van der Waals surface area (Å²) in [6.07, 6.45) is 1.10. The normalized spacial score (nSPS) is 10.7. The van der Waals surface area contributed by atoms with E-state index in [0.717, 1.165) is 18.3 Å². The molecule has 0 saturated heterocycles. The average molecular weight is 292 g/mol. The number of benzene rings is 1. The maximum absolute atomic E-state index is 12.8. The van der Waals surface area contributed by atoms with E-state index in [4.69, 9.17) is 9.84 Å². The van der Waals surface area contributed by atoms with E-state index in [1.807, 2.05) is 0 Å². The van der Waals surface area contributed by atoms with Crippen molar-refractivity contribution in [3.05, 3.63) is 47.5 Å². The molecular weight excluding hydrogens is 279 g/mol. The van der Waals surface area contributed by atoms with E-state index in [0.29, 0.717) is 0 Å². The maximum Gasteiger partial charge on any atom is 0.362 e. The Hall–Kier alpha value is -2.70. The summed E-state index contributed by atoms with van der Waals surface area (Å²) in [6, 6.07) is 4.63. The van der Waals surface area contributed by atoms with Crippen molar-refractivity contribution in [2.24, 2.45) is 0 Å². The second-order valence-corrected chi connectivity index (χ2v) is 4.59. The molecule has 0 aliphatic carbocycles. The number of nitrogens with zero attached hydrogens (tertiary/aromatic N) is 2. The fourth-order valence-electron chi connectivity index (χ4n) is 1.77. The average Bonchev–Trinajstić information content (AvgIpc) is 2.86. The maximum atomic E-state index is 12.8. The Kier molecular flexibility index (Phi) is 4.02. The zero-order valence-corrected chi connectivity index (χ0v) is 11.4. The van der Waals surface area contributed by atoms with E-state index in [9.17, 15) is 14.0 Å². The van der Waals surface area contributed by atoms with Gasteiger partial charge in [-0.1, -0.05) is 0 Å². The smallest absolute Gasteiger partial charge is 0.362 e. The second-order valence-electron chi connectivity index (χ2n) is 4.59. The van der Waals surface area contributed by atoms with Crippen molar-refractivity contribution < 1.29 is 23.8 Å². The summed E-state index contributed by atoms with van der Waals surface area (Å²) in [4.78, 5) is 23.3. The first-order chi connectivity index (χ1) is 9.90. The zero-order chi connectivity index (χ0) is 15.6. The van der Waals surface area contributed by atoms with Crippen LogP contribution in [-0.2, 0) is 0 Å². The molecule has 0 bridgehead atoms. The van der Waals surface area contributed by atoms with Crippen LogP contribution >= 0.6 is 0 Å². The van der Waals surface area contributed by atoms with Crippen molar-refractivity contribution in [1.82, 2.24) is 9.78 Å². The summed E-state index contributed by atoms with van der Waals surface area (Å²) >= 11 is 0. The third-order valence-electron chi connectivity index (χ3n) is 2.73. The molecule has 1 N–H and O–H groups in total. The molecule has 1 aromatic heterocycles. The van der Waals surface area contributed by atoms with Crippen molar-refractivity contribution in [2.45, 2.75) is 19.9 Å². The fourth-order valence-corrected chi connectivity index (χ4v) is 1.77. The molecule has 0 aliphatic rings. The van der Waals surface area contributed by atoms with Gasteiger partial charge in [-0.15, -0.1) is 0 Å². The van der Waals surface area contributed by atoms with Gasteiger partial charge in [0.05, 0.1) is 6.20 Å². The minimum Gasteiger partial charge on any atom is -0.478 e. The number of aromatic nitrogens is 2. The molecule has 0 spiro atoms. The first kappa shape index (κ1) is 14.7. The topological polar surface area (TPSA) is 81.4 Å². The first-order valence-electron chi connectivity index (χ1n) is 6.18. The van der Waals surface area contributed by atoms with Crippen molar-refractivity contribution in [3.8, 4) is 5.75 Å². The predicted octanol–water partition coefficient (Wildman–Crippen LogP) is 2.52. The molecular formula is C14H13FN2O4. The number of carbonyl (C=O) groups excluding carboxylic acids is 1. The molecule has 0 fully saturated rings. The van der Waals surface area contributed by atoms with Crippen LogP contribution in [0.5, 0.6) is 5.75 Å². The lowest BCUT2D eigenvalue weighted by Crippen LogP contribution is -2.20. The molecule has 1 heterocycles. The number of rotatable bonds is 4. The van der Waals surface area contributed by atoms with Crippen LogP contribution in [0.25, 0.3) is 0 Å². The van der Waals surface area contributed by atoms with Crippen LogP contribution in [-0.4, -0.2) is 26.8 Å². The number of ether oxygens (including phenoxy) is 1. The van der Waals surface area contributed by atoms with Gasteiger partial charge in [0.1, 0.15) is 17.1 Å². The molecule has 0 radical (unpaired) electrons. The highest BCUT2D eigenvalue weighted by Gasteiger charge is 2.26. The lowest BCUT2D eigenvalue weighted by atomic mass is 10.2. The summed E-state index contributed by atoms with van der Waals surface area (Å²) < 4.78 is 19.1. The van der Waals surface area contributed by atoms with Gasteiger partial charge in [0.15, 0.2) is 5.69 Å². The van der Waals surface area contributed by atoms with Crippen LogP contribution in [0.15, 0.2) is 30.5 Å². The number of carboxylic acids is 1. The standard InChI is InChI=1S/C14H13FN2O4/c1-8(2)17-12(11(7-16-17)13(18)19)14(20)21-10-5-3-9(15)4-6-10/h3-8H,1-2H3,(H,18,19). The lowest BCUT2D eigenvalue weighted by Gasteiger charge is -2.11. The Balaban J connectivity index is 2.35. The van der Waals surface area contributed by atoms with Crippen LogP contribution in [0.1, 0.15) is 40.7 Å². The van der Waals surface area contributed by atoms with E-state index in [2.05, 4.69) is 5.10 Å². The van der Waals surface area contributed by atoms with Gasteiger partial charge >= 0.3 is 11.9 Å². The van der Waals surface area contributed by atoms with Crippen LogP contribution in [0.3, 0.4) is 0 Å². The van der Waals surface area contributed by atoms with E-state index in [1.165, 1.54) is 16.8 Å². The van der Waals surface area contributed by atoms with E-state index in [-0.39, 0.29) is 23.0 Å². The minimum absolute atomic E-state index is 0.120. The van der Waals surface area contributed by atoms with Gasteiger partial charge in [-0.05, 0) is 38.1 Å². The van der Waals surface area contributed by atoms with Crippen LogP contribution in [0.4, 0.5) is 4.39 Å². The monoisotopic (exact) mass is 292 g/mol. The lowest BCUT2D eigenvalue weighted by molar-refractivity contribution is 0.0661. The minimum atomic E-state index is -1.27. The van der Waals surface area contributed by atoms with Gasteiger partial charge in [0, 0.05) is 6.04 Å². The van der Waals surface area contributed by atoms with E-state index < -0.39 is 17.8 Å². The van der Waals surface area contributed by atoms with Gasteiger partial charge in [-0.25, -0.2) is 14.0 Å². The van der Waals surface area contributed by atoms with Gasteiger partial charge < -0.3 is 9.84 Å². The van der Waals surface area contributed by atoms with Gasteiger partial charge in [0.2, 0.25) is 0 Å². The molecule has 2 aromatic rings. The third-order valence-corrected chi connectivity index (χ3v) is 2.73. The molecule has 110 valence electrons. The number of halogens is 1. The van der Waals surface area contributed by atoms with Crippen molar-refractivity contribution in [2.75, 3.05) is 0 Å². The SMILES string of the molecule is CC(C)n1ncc(C(=O)O)c1C(=O)Oc1ccc(F)cc1. The summed E-state index contributed by atoms with van der Waals surface area (Å²) in [6.45, 7) is 3.51. The summed E-state index contributed by atoms with van der Waals surface area (Å²) in [7, 11) is 0. The van der Waals surface area contributed by atoms with Crippen molar-refractivity contribution in [3.63, 3.8) is 0 Å². The molecule has 0 amide bonds. The quantitative estimate of drug-likeness (QED) is 0.691. The summed E-state index contributed by atoms with van der Waals surface area (Å²) in [5, 5.41) is 13.0. The van der Waals surface area contributed by atoms with Gasteiger partial charge in [0.25, 0.3) is 0 Å². The highest BCUT2D eigenvalue weighted by atomic mass is 19.1. The third kappa shape index (κ3) is 3.07. The van der Waals surface area contributed by atoms with E-state index in [1.54, 1.807) is 13.8 Å². The molecule has 0 aliphatic heterocycles. The predicted molar refractivity (Wildman–Crippen MR) is 70.9 cm³/mol. The molecule has 21 heavy (non-hydrogen) atoms. The molecule has 0 unspecified atom stereocenters. The summed E-state index contributed by atoms with van der Waals surface area (Å²) in [5.41, 5.74) is -0.391. The van der Waals surface area contributed by atoms with Crippen molar-refractivity contribution in [1.29, 1.82) is 0 Å². The largest absolute Gasteiger partial charge is 0.478 e. The highest BCUT2D eigenvalue weighted by molar-refractivity contribution is 6.01. The number of carbonyl (C=O) groups is 2. The van der Waals surface area contributed by atoms with Crippen molar-refractivity contribution >= 4 is 11.9 Å². The Labute approximate surface area is 119 Å². The first-order valence-corrected chi connectivity index (χ1v) is 6.18. The number of hydrogen-bond acceptors (Lipinski definition) is 4. The Morgan fingerprint density at radius 1 is 1.29 bits per heavy atom. The Bertz CT molecular complexity index is 677. The second kappa shape index (κ2) is 5.74. The molecule has 2 rings (SSSR count). The number of hydrogen-bond donors (Lipinski definition) is 1. The number of aromatic carboxylic acids is 1. The molecule has 7 heteroatoms. The van der Waals surface area contributed by atoms with Crippen LogP contribution < -0.4 is 4.74 Å². The number of esters is 1. The summed E-state index contributed by atoms with van der Waals surface area (Å²) in [5.74, 6) is -2.47. The fraction of sp³-hybridized carbons (Fsp3) is 0.214.